The number of thiophene rings is 1. The van der Waals surface area contributed by atoms with E-state index in [1.165, 1.54) is 0 Å². The second-order valence-electron chi connectivity index (χ2n) is 3.89. The molecule has 1 heterocycles. The number of halogens is 1. The van der Waals surface area contributed by atoms with Crippen molar-refractivity contribution in [2.24, 2.45) is 0 Å². The largest absolute Gasteiger partial charge is 0.347 e. The van der Waals surface area contributed by atoms with Gasteiger partial charge in [0.2, 0.25) is 0 Å². The van der Waals surface area contributed by atoms with Crippen LogP contribution in [0, 0.1) is 0 Å². The van der Waals surface area contributed by atoms with Crippen LogP contribution in [0.15, 0.2) is 40.2 Å². The molecule has 4 heteroatoms. The van der Waals surface area contributed by atoms with Crippen molar-refractivity contribution in [2.45, 2.75) is 19.9 Å². The quantitative estimate of drug-likeness (QED) is 0.905. The van der Waals surface area contributed by atoms with Crippen LogP contribution < -0.4 is 5.32 Å². The molecule has 1 aromatic heterocycles. The molecule has 0 aliphatic heterocycles. The lowest BCUT2D eigenvalue weighted by Gasteiger charge is -2.08. The summed E-state index contributed by atoms with van der Waals surface area (Å²) in [6, 6.07) is 9.72. The molecule has 0 saturated carbocycles. The van der Waals surface area contributed by atoms with Gasteiger partial charge in [-0.1, -0.05) is 25.1 Å². The highest BCUT2D eigenvalue weighted by Gasteiger charge is 2.10. The van der Waals surface area contributed by atoms with E-state index in [0.717, 1.165) is 26.9 Å². The van der Waals surface area contributed by atoms with E-state index in [2.05, 4.69) is 28.2 Å². The summed E-state index contributed by atoms with van der Waals surface area (Å²) >= 11 is 5.09. The third-order valence-corrected chi connectivity index (χ3v) is 4.67. The summed E-state index contributed by atoms with van der Waals surface area (Å²) < 4.78 is 1.05. The smallest absolute Gasteiger partial charge is 0.251 e. The maximum absolute atomic E-state index is 12.1. The van der Waals surface area contributed by atoms with Gasteiger partial charge in [0.25, 0.3) is 5.91 Å². The van der Waals surface area contributed by atoms with Crippen LogP contribution in [-0.4, -0.2) is 5.91 Å². The van der Waals surface area contributed by atoms with Gasteiger partial charge in [-0.3, -0.25) is 4.79 Å². The van der Waals surface area contributed by atoms with Crippen molar-refractivity contribution in [3.05, 3.63) is 56.2 Å². The molecule has 0 saturated heterocycles. The molecule has 94 valence electrons. The number of hydrogen-bond donors (Lipinski definition) is 1. The minimum Gasteiger partial charge on any atom is -0.347 e. The van der Waals surface area contributed by atoms with E-state index >= 15 is 0 Å². The molecular weight excluding hydrogens is 310 g/mol. The number of amides is 1. The van der Waals surface area contributed by atoms with Gasteiger partial charge in [0.15, 0.2) is 0 Å². The second kappa shape index (κ2) is 6.16. The van der Waals surface area contributed by atoms with Crippen LogP contribution in [0.25, 0.3) is 0 Å². The fourth-order valence-corrected chi connectivity index (χ4v) is 3.19. The van der Waals surface area contributed by atoms with Crippen molar-refractivity contribution in [3.8, 4) is 0 Å². The highest BCUT2D eigenvalue weighted by atomic mass is 79.9. The zero-order chi connectivity index (χ0) is 13.0. The predicted molar refractivity (Wildman–Crippen MR) is 79.0 cm³/mol. The van der Waals surface area contributed by atoms with Gasteiger partial charge in [-0.05, 0) is 45.4 Å². The van der Waals surface area contributed by atoms with E-state index in [1.54, 1.807) is 11.3 Å². The fraction of sp³-hybridized carbons (Fsp3) is 0.214. The van der Waals surface area contributed by atoms with Crippen LogP contribution in [0.2, 0.25) is 0 Å². The molecule has 18 heavy (non-hydrogen) atoms. The Morgan fingerprint density at radius 1 is 1.33 bits per heavy atom. The fourth-order valence-electron chi connectivity index (χ4n) is 1.76. The van der Waals surface area contributed by atoms with Crippen molar-refractivity contribution in [1.29, 1.82) is 0 Å². The van der Waals surface area contributed by atoms with Gasteiger partial charge in [-0.2, -0.15) is 0 Å². The maximum Gasteiger partial charge on any atom is 0.251 e. The molecule has 0 unspecified atom stereocenters. The second-order valence-corrected chi connectivity index (χ2v) is 5.74. The molecule has 0 spiro atoms. The Morgan fingerprint density at radius 3 is 2.78 bits per heavy atom. The summed E-state index contributed by atoms with van der Waals surface area (Å²) in [4.78, 5) is 13.2. The van der Waals surface area contributed by atoms with Gasteiger partial charge in [0, 0.05) is 14.9 Å². The minimum absolute atomic E-state index is 0.00671. The maximum atomic E-state index is 12.1. The van der Waals surface area contributed by atoms with Gasteiger partial charge in [0.1, 0.15) is 0 Å². The van der Waals surface area contributed by atoms with Gasteiger partial charge in [-0.25, -0.2) is 0 Å². The Balaban J connectivity index is 2.06. The molecule has 1 amide bonds. The highest BCUT2D eigenvalue weighted by molar-refractivity contribution is 9.10. The Morgan fingerprint density at radius 2 is 2.11 bits per heavy atom. The van der Waals surface area contributed by atoms with Crippen LogP contribution >= 0.6 is 27.3 Å². The van der Waals surface area contributed by atoms with Crippen molar-refractivity contribution >= 4 is 33.2 Å². The summed E-state index contributed by atoms with van der Waals surface area (Å²) in [5.41, 5.74) is 1.85. The zero-order valence-corrected chi connectivity index (χ0v) is 12.5. The number of hydrogen-bond acceptors (Lipinski definition) is 2. The van der Waals surface area contributed by atoms with E-state index in [9.17, 15) is 4.79 Å². The lowest BCUT2D eigenvalue weighted by Crippen LogP contribution is -2.23. The lowest BCUT2D eigenvalue weighted by molar-refractivity contribution is 0.0950. The van der Waals surface area contributed by atoms with Crippen LogP contribution in [0.4, 0.5) is 0 Å². The topological polar surface area (TPSA) is 29.1 Å². The molecule has 0 atom stereocenters. The van der Waals surface area contributed by atoms with Crippen LogP contribution in [-0.2, 0) is 13.0 Å². The van der Waals surface area contributed by atoms with Crippen molar-refractivity contribution < 1.29 is 4.79 Å². The molecule has 2 rings (SSSR count). The van der Waals surface area contributed by atoms with E-state index in [-0.39, 0.29) is 5.91 Å². The Kier molecular flexibility index (Phi) is 4.55. The third-order valence-electron chi connectivity index (χ3n) is 2.74. The van der Waals surface area contributed by atoms with E-state index in [1.807, 2.05) is 35.7 Å². The minimum atomic E-state index is -0.00671. The molecule has 0 aliphatic rings. The highest BCUT2D eigenvalue weighted by Crippen LogP contribution is 2.22. The third kappa shape index (κ3) is 3.00. The van der Waals surface area contributed by atoms with Gasteiger partial charge >= 0.3 is 0 Å². The first kappa shape index (κ1) is 13.3. The molecule has 0 fully saturated rings. The molecule has 2 aromatic rings. The number of aryl methyl sites for hydroxylation is 1. The summed E-state index contributed by atoms with van der Waals surface area (Å²) in [6.45, 7) is 2.62. The number of carbonyl (C=O) groups excluding carboxylic acids is 1. The van der Waals surface area contributed by atoms with E-state index in [0.29, 0.717) is 6.54 Å². The lowest BCUT2D eigenvalue weighted by atomic mass is 10.0. The molecule has 1 aromatic carbocycles. The normalized spacial score (nSPS) is 10.3. The van der Waals surface area contributed by atoms with Gasteiger partial charge < -0.3 is 5.32 Å². The Bertz CT molecular complexity index is 550. The number of benzene rings is 1. The molecule has 0 bridgehead atoms. The summed E-state index contributed by atoms with van der Waals surface area (Å²) in [6.07, 6.45) is 0.867. The van der Waals surface area contributed by atoms with E-state index in [4.69, 9.17) is 0 Å². The monoisotopic (exact) mass is 323 g/mol. The SMILES string of the molecule is CCc1ccccc1C(=O)NCc1sccc1Br. The summed E-state index contributed by atoms with van der Waals surface area (Å²) in [7, 11) is 0. The van der Waals surface area contributed by atoms with Crippen LogP contribution in [0.3, 0.4) is 0 Å². The summed E-state index contributed by atoms with van der Waals surface area (Å²) in [5, 5.41) is 4.96. The molecule has 0 aliphatic carbocycles. The Hall–Kier alpha value is -1.13. The zero-order valence-electron chi connectivity index (χ0n) is 10.1. The predicted octanol–water partition coefficient (Wildman–Crippen LogP) is 4.00. The number of carbonyl (C=O) groups is 1. The molecule has 0 radical (unpaired) electrons. The first-order valence-electron chi connectivity index (χ1n) is 5.80. The van der Waals surface area contributed by atoms with Crippen molar-refractivity contribution in [2.75, 3.05) is 0 Å². The van der Waals surface area contributed by atoms with Crippen LogP contribution in [0.5, 0.6) is 0 Å². The molecule has 1 N–H and O–H groups in total. The average Bonchev–Trinajstić information content (AvgIpc) is 2.81. The van der Waals surface area contributed by atoms with Crippen molar-refractivity contribution in [3.63, 3.8) is 0 Å². The first-order valence-corrected chi connectivity index (χ1v) is 7.47. The molecular formula is C14H14BrNOS. The van der Waals surface area contributed by atoms with Crippen LogP contribution in [0.1, 0.15) is 27.7 Å². The average molecular weight is 324 g/mol. The standard InChI is InChI=1S/C14H14BrNOS/c1-2-10-5-3-4-6-11(10)14(17)16-9-13-12(15)7-8-18-13/h3-8H,2,9H2,1H3,(H,16,17). The first-order chi connectivity index (χ1) is 8.72. The number of rotatable bonds is 4. The van der Waals surface area contributed by atoms with Crippen molar-refractivity contribution in [1.82, 2.24) is 5.32 Å². The Labute approximate surface area is 119 Å². The molecule has 2 nitrogen and oxygen atoms in total. The van der Waals surface area contributed by atoms with Gasteiger partial charge in [-0.15, -0.1) is 11.3 Å². The van der Waals surface area contributed by atoms with E-state index < -0.39 is 0 Å². The number of nitrogens with one attached hydrogen (secondary N) is 1. The summed E-state index contributed by atoms with van der Waals surface area (Å²) in [5.74, 6) is -0.00671. The van der Waals surface area contributed by atoms with Gasteiger partial charge in [0.05, 0.1) is 6.54 Å².